The minimum atomic E-state index is -0.0635. The van der Waals surface area contributed by atoms with Crippen molar-refractivity contribution in [3.05, 3.63) is 24.3 Å². The van der Waals surface area contributed by atoms with E-state index in [0.717, 1.165) is 25.9 Å². The van der Waals surface area contributed by atoms with Crippen LogP contribution in [0.2, 0.25) is 0 Å². The lowest BCUT2D eigenvalue weighted by Gasteiger charge is -2.17. The van der Waals surface area contributed by atoms with Gasteiger partial charge in [-0.15, -0.1) is 0 Å². The van der Waals surface area contributed by atoms with Crippen molar-refractivity contribution in [2.75, 3.05) is 26.4 Å². The maximum atomic E-state index is 11.7. The van der Waals surface area contributed by atoms with Crippen LogP contribution in [-0.4, -0.2) is 37.4 Å². The van der Waals surface area contributed by atoms with Gasteiger partial charge in [-0.3, -0.25) is 0 Å². The zero-order chi connectivity index (χ0) is 13.5. The summed E-state index contributed by atoms with van der Waals surface area (Å²) in [5.41, 5.74) is 0. The van der Waals surface area contributed by atoms with Crippen LogP contribution >= 0.6 is 0 Å². The van der Waals surface area contributed by atoms with Gasteiger partial charge in [0.05, 0.1) is 6.61 Å². The van der Waals surface area contributed by atoms with E-state index in [9.17, 15) is 4.79 Å². The predicted octanol–water partition coefficient (Wildman–Crippen LogP) is 2.23. The highest BCUT2D eigenvalue weighted by Crippen LogP contribution is 2.25. The number of likely N-dealkylation sites (tertiary alicyclic amines) is 1. The standard InChI is InChI=1S/C14H20N2O3/c1-2-18-12-7-3-4-8-13(12)19-11-15-14(17)16-9-5-6-10-16/h3-4,7-8H,2,5-6,9-11H2,1H3,(H,15,17). The molecule has 1 fully saturated rings. The second-order valence-electron chi connectivity index (χ2n) is 4.34. The Bertz CT molecular complexity index is 417. The molecule has 5 nitrogen and oxygen atoms in total. The fourth-order valence-corrected chi connectivity index (χ4v) is 2.05. The third-order valence-corrected chi connectivity index (χ3v) is 2.99. The van der Waals surface area contributed by atoms with Crippen molar-refractivity contribution in [1.82, 2.24) is 10.2 Å². The van der Waals surface area contributed by atoms with Gasteiger partial charge < -0.3 is 19.7 Å². The molecule has 0 aliphatic carbocycles. The van der Waals surface area contributed by atoms with Gasteiger partial charge in [0.25, 0.3) is 0 Å². The van der Waals surface area contributed by atoms with Crippen LogP contribution in [0.1, 0.15) is 19.8 Å². The lowest BCUT2D eigenvalue weighted by molar-refractivity contribution is 0.192. The summed E-state index contributed by atoms with van der Waals surface area (Å²) in [4.78, 5) is 13.6. The maximum Gasteiger partial charge on any atom is 0.320 e. The Balaban J connectivity index is 1.80. The van der Waals surface area contributed by atoms with Crippen LogP contribution in [0.5, 0.6) is 11.5 Å². The fourth-order valence-electron chi connectivity index (χ4n) is 2.05. The molecule has 0 atom stereocenters. The smallest absolute Gasteiger partial charge is 0.320 e. The number of nitrogens with one attached hydrogen (secondary N) is 1. The number of rotatable bonds is 5. The summed E-state index contributed by atoms with van der Waals surface area (Å²) in [5, 5.41) is 2.75. The van der Waals surface area contributed by atoms with Gasteiger partial charge in [0.15, 0.2) is 18.2 Å². The molecule has 1 heterocycles. The van der Waals surface area contributed by atoms with Crippen LogP contribution in [0.4, 0.5) is 4.79 Å². The van der Waals surface area contributed by atoms with E-state index in [1.165, 1.54) is 0 Å². The number of carbonyl (C=O) groups excluding carboxylic acids is 1. The first-order valence-corrected chi connectivity index (χ1v) is 6.68. The zero-order valence-electron chi connectivity index (χ0n) is 11.2. The third-order valence-electron chi connectivity index (χ3n) is 2.99. The Hall–Kier alpha value is -1.91. The summed E-state index contributed by atoms with van der Waals surface area (Å²) in [6.45, 7) is 4.33. The number of para-hydroxylation sites is 2. The SMILES string of the molecule is CCOc1ccccc1OCNC(=O)N1CCCC1. The molecule has 1 aromatic rings. The average molecular weight is 264 g/mol. The van der Waals surface area contributed by atoms with E-state index in [1.807, 2.05) is 31.2 Å². The summed E-state index contributed by atoms with van der Waals surface area (Å²) in [7, 11) is 0. The van der Waals surface area contributed by atoms with E-state index in [1.54, 1.807) is 4.90 Å². The van der Waals surface area contributed by atoms with Gasteiger partial charge >= 0.3 is 6.03 Å². The molecule has 104 valence electrons. The molecule has 0 spiro atoms. The molecule has 1 saturated heterocycles. The summed E-state index contributed by atoms with van der Waals surface area (Å²) in [6, 6.07) is 7.38. The van der Waals surface area contributed by atoms with E-state index in [2.05, 4.69) is 5.32 Å². The predicted molar refractivity (Wildman–Crippen MR) is 72.4 cm³/mol. The molecule has 1 aliphatic rings. The second kappa shape index (κ2) is 6.87. The molecule has 0 unspecified atom stereocenters. The molecule has 1 aromatic carbocycles. The number of carbonyl (C=O) groups is 1. The molecule has 2 amide bonds. The Kier molecular flexibility index (Phi) is 4.89. The first kappa shape index (κ1) is 13.5. The molecule has 19 heavy (non-hydrogen) atoms. The van der Waals surface area contributed by atoms with E-state index < -0.39 is 0 Å². The second-order valence-corrected chi connectivity index (χ2v) is 4.34. The minimum Gasteiger partial charge on any atom is -0.490 e. The molecule has 0 bridgehead atoms. The monoisotopic (exact) mass is 264 g/mol. The van der Waals surface area contributed by atoms with Crippen LogP contribution in [0, 0.1) is 0 Å². The van der Waals surface area contributed by atoms with Crippen molar-refractivity contribution in [2.24, 2.45) is 0 Å². The molecular formula is C14H20N2O3. The number of amides is 2. The zero-order valence-corrected chi connectivity index (χ0v) is 11.2. The van der Waals surface area contributed by atoms with Gasteiger partial charge in [-0.1, -0.05) is 12.1 Å². The lowest BCUT2D eigenvalue weighted by Crippen LogP contribution is -2.39. The fraction of sp³-hybridized carbons (Fsp3) is 0.500. The van der Waals surface area contributed by atoms with E-state index in [0.29, 0.717) is 18.1 Å². The van der Waals surface area contributed by atoms with Crippen LogP contribution in [0.3, 0.4) is 0 Å². The van der Waals surface area contributed by atoms with Crippen molar-refractivity contribution in [2.45, 2.75) is 19.8 Å². The molecular weight excluding hydrogens is 244 g/mol. The summed E-state index contributed by atoms with van der Waals surface area (Å²) >= 11 is 0. The normalized spacial score (nSPS) is 14.3. The van der Waals surface area contributed by atoms with Crippen LogP contribution in [0.25, 0.3) is 0 Å². The topological polar surface area (TPSA) is 50.8 Å². The van der Waals surface area contributed by atoms with Crippen LogP contribution in [0.15, 0.2) is 24.3 Å². The van der Waals surface area contributed by atoms with Crippen molar-refractivity contribution in [3.63, 3.8) is 0 Å². The molecule has 0 radical (unpaired) electrons. The molecule has 0 saturated carbocycles. The lowest BCUT2D eigenvalue weighted by atomic mass is 10.3. The van der Waals surface area contributed by atoms with Gasteiger partial charge in [0.1, 0.15) is 0 Å². The number of benzene rings is 1. The Labute approximate surface area is 113 Å². The Morgan fingerprint density at radius 1 is 1.21 bits per heavy atom. The van der Waals surface area contributed by atoms with E-state index in [4.69, 9.17) is 9.47 Å². The number of nitrogens with zero attached hydrogens (tertiary/aromatic N) is 1. The molecule has 1 N–H and O–H groups in total. The highest BCUT2D eigenvalue weighted by molar-refractivity contribution is 5.74. The third kappa shape index (κ3) is 3.77. The minimum absolute atomic E-state index is 0.0635. The summed E-state index contributed by atoms with van der Waals surface area (Å²) < 4.78 is 11.0. The van der Waals surface area contributed by atoms with Gasteiger partial charge in [-0.25, -0.2) is 4.79 Å². The van der Waals surface area contributed by atoms with Crippen molar-refractivity contribution in [1.29, 1.82) is 0 Å². The Morgan fingerprint density at radius 3 is 2.47 bits per heavy atom. The quantitative estimate of drug-likeness (QED) is 0.830. The first-order valence-electron chi connectivity index (χ1n) is 6.68. The van der Waals surface area contributed by atoms with Crippen LogP contribution in [-0.2, 0) is 0 Å². The highest BCUT2D eigenvalue weighted by atomic mass is 16.5. The number of ether oxygens (including phenoxy) is 2. The summed E-state index contributed by atoms with van der Waals surface area (Å²) in [5.74, 6) is 1.34. The van der Waals surface area contributed by atoms with Crippen molar-refractivity contribution < 1.29 is 14.3 Å². The van der Waals surface area contributed by atoms with Crippen LogP contribution < -0.4 is 14.8 Å². The van der Waals surface area contributed by atoms with E-state index >= 15 is 0 Å². The number of urea groups is 1. The molecule has 0 aromatic heterocycles. The van der Waals surface area contributed by atoms with Gasteiger partial charge in [0.2, 0.25) is 0 Å². The van der Waals surface area contributed by atoms with Crippen molar-refractivity contribution in [3.8, 4) is 11.5 Å². The van der Waals surface area contributed by atoms with Crippen molar-refractivity contribution >= 4 is 6.03 Å². The highest BCUT2D eigenvalue weighted by Gasteiger charge is 2.17. The number of hydrogen-bond acceptors (Lipinski definition) is 3. The van der Waals surface area contributed by atoms with E-state index in [-0.39, 0.29) is 12.8 Å². The van der Waals surface area contributed by atoms with Gasteiger partial charge in [-0.05, 0) is 31.9 Å². The summed E-state index contributed by atoms with van der Waals surface area (Å²) in [6.07, 6.45) is 2.17. The van der Waals surface area contributed by atoms with Gasteiger partial charge in [-0.2, -0.15) is 0 Å². The molecule has 1 aliphatic heterocycles. The first-order chi connectivity index (χ1) is 9.31. The Morgan fingerprint density at radius 2 is 1.84 bits per heavy atom. The average Bonchev–Trinajstić information content (AvgIpc) is 2.95. The largest absolute Gasteiger partial charge is 0.490 e. The maximum absolute atomic E-state index is 11.7. The molecule has 2 rings (SSSR count). The number of hydrogen-bond donors (Lipinski definition) is 1. The van der Waals surface area contributed by atoms with Gasteiger partial charge in [0, 0.05) is 13.1 Å². The molecule has 5 heteroatoms.